The zero-order valence-corrected chi connectivity index (χ0v) is 18.5. The first kappa shape index (κ1) is 23.3. The van der Waals surface area contributed by atoms with Gasteiger partial charge in [0.05, 0.1) is 30.0 Å². The predicted octanol–water partition coefficient (Wildman–Crippen LogP) is 3.16. The maximum Gasteiger partial charge on any atom is 0.311 e. The summed E-state index contributed by atoms with van der Waals surface area (Å²) in [5.74, 6) is -1.73. The molecule has 1 aromatic carbocycles. The molecule has 166 valence electrons. The van der Waals surface area contributed by atoms with Crippen LogP contribution in [0.5, 0.6) is 0 Å². The number of benzene rings is 1. The lowest BCUT2D eigenvalue weighted by molar-refractivity contribution is -0.142. The minimum Gasteiger partial charge on any atom is -0.466 e. The van der Waals surface area contributed by atoms with Crippen LogP contribution in [-0.2, 0) is 20.7 Å². The van der Waals surface area contributed by atoms with Gasteiger partial charge < -0.3 is 15.4 Å². The van der Waals surface area contributed by atoms with Gasteiger partial charge in [-0.25, -0.2) is 9.37 Å². The molecule has 0 unspecified atom stereocenters. The van der Waals surface area contributed by atoms with Crippen molar-refractivity contribution in [2.24, 2.45) is 0 Å². The Morgan fingerprint density at radius 1 is 1.12 bits per heavy atom. The second kappa shape index (κ2) is 11.3. The second-order valence-electron chi connectivity index (χ2n) is 6.15. The molecule has 0 fully saturated rings. The van der Waals surface area contributed by atoms with Gasteiger partial charge in [-0.3, -0.25) is 14.4 Å². The number of rotatable bonds is 9. The van der Waals surface area contributed by atoms with Crippen molar-refractivity contribution < 1.29 is 23.5 Å². The number of aromatic nitrogens is 3. The summed E-state index contributed by atoms with van der Waals surface area (Å²) < 4.78 is 18.5. The van der Waals surface area contributed by atoms with E-state index in [-0.39, 0.29) is 35.4 Å². The molecule has 2 heterocycles. The fourth-order valence-corrected chi connectivity index (χ4v) is 3.73. The number of esters is 1. The molecule has 0 atom stereocenters. The van der Waals surface area contributed by atoms with E-state index < -0.39 is 11.7 Å². The van der Waals surface area contributed by atoms with Gasteiger partial charge in [0.1, 0.15) is 10.8 Å². The van der Waals surface area contributed by atoms with Gasteiger partial charge >= 0.3 is 5.97 Å². The molecule has 0 radical (unpaired) electrons. The Morgan fingerprint density at radius 2 is 1.94 bits per heavy atom. The number of halogens is 1. The maximum atomic E-state index is 13.7. The molecule has 2 aromatic heterocycles. The highest BCUT2D eigenvalue weighted by Gasteiger charge is 2.13. The molecule has 0 aliphatic heterocycles. The Labute approximate surface area is 190 Å². The van der Waals surface area contributed by atoms with Crippen LogP contribution < -0.4 is 10.6 Å². The number of ether oxygens (including phenoxy) is 1. The third kappa shape index (κ3) is 6.82. The van der Waals surface area contributed by atoms with Crippen molar-refractivity contribution in [3.8, 4) is 0 Å². The van der Waals surface area contributed by atoms with Crippen LogP contribution >= 0.6 is 23.1 Å². The number of thioether (sulfide) groups is 1. The van der Waals surface area contributed by atoms with Crippen molar-refractivity contribution in [3.63, 3.8) is 0 Å². The zero-order chi connectivity index (χ0) is 22.9. The third-order valence-corrected chi connectivity index (χ3v) is 5.51. The number of thiazole rings is 1. The Kier molecular flexibility index (Phi) is 8.22. The number of anilines is 2. The van der Waals surface area contributed by atoms with Gasteiger partial charge in [0.2, 0.25) is 5.91 Å². The fourth-order valence-electron chi connectivity index (χ4n) is 2.39. The molecule has 0 aliphatic rings. The summed E-state index contributed by atoms with van der Waals surface area (Å²) in [5.41, 5.74) is 0.423. The molecule has 3 aromatic rings. The standard InChI is InChI=1S/C20H18FN5O4S2/c1-2-30-18(28)9-12-10-32-20(22-12)24-16(27)11-31-17-8-7-15(25-26-17)23-19(29)13-5-3-4-6-14(13)21/h3-8,10H,2,9,11H2,1H3,(H,22,24,27)(H,23,25,29). The van der Waals surface area contributed by atoms with Crippen molar-refractivity contribution in [1.29, 1.82) is 0 Å². The molecule has 0 aliphatic carbocycles. The topological polar surface area (TPSA) is 123 Å². The molecule has 12 heteroatoms. The molecule has 2 amide bonds. The largest absolute Gasteiger partial charge is 0.466 e. The van der Waals surface area contributed by atoms with E-state index in [1.165, 1.54) is 35.6 Å². The summed E-state index contributed by atoms with van der Waals surface area (Å²) in [6.45, 7) is 2.02. The van der Waals surface area contributed by atoms with Crippen LogP contribution in [0.1, 0.15) is 23.0 Å². The van der Waals surface area contributed by atoms with E-state index in [0.29, 0.717) is 22.5 Å². The average Bonchev–Trinajstić information content (AvgIpc) is 3.20. The molecular weight excluding hydrogens is 457 g/mol. The fraction of sp³-hybridized carbons (Fsp3) is 0.200. The molecule has 32 heavy (non-hydrogen) atoms. The van der Waals surface area contributed by atoms with Gasteiger partial charge in [-0.1, -0.05) is 23.9 Å². The minimum absolute atomic E-state index is 0.0460. The molecular formula is C20H18FN5O4S2. The number of carbonyl (C=O) groups is 3. The lowest BCUT2D eigenvalue weighted by Gasteiger charge is -2.05. The summed E-state index contributed by atoms with van der Waals surface area (Å²) in [5, 5.41) is 15.5. The van der Waals surface area contributed by atoms with Crippen LogP contribution in [0.2, 0.25) is 0 Å². The highest BCUT2D eigenvalue weighted by Crippen LogP contribution is 2.19. The Hall–Kier alpha value is -3.38. The highest BCUT2D eigenvalue weighted by molar-refractivity contribution is 7.99. The summed E-state index contributed by atoms with van der Waals surface area (Å²) in [4.78, 5) is 39.9. The van der Waals surface area contributed by atoms with Gasteiger partial charge in [0, 0.05) is 5.38 Å². The minimum atomic E-state index is -0.636. The van der Waals surface area contributed by atoms with E-state index in [1.807, 2.05) is 0 Å². The normalized spacial score (nSPS) is 10.4. The van der Waals surface area contributed by atoms with Gasteiger partial charge in [0.25, 0.3) is 5.91 Å². The van der Waals surface area contributed by atoms with Crippen molar-refractivity contribution in [1.82, 2.24) is 15.2 Å². The number of carbonyl (C=O) groups excluding carboxylic acids is 3. The Bertz CT molecular complexity index is 1110. The Morgan fingerprint density at radius 3 is 2.66 bits per heavy atom. The molecule has 0 saturated carbocycles. The van der Waals surface area contributed by atoms with E-state index in [1.54, 1.807) is 24.4 Å². The summed E-state index contributed by atoms with van der Waals surface area (Å²) in [6, 6.07) is 8.70. The quantitative estimate of drug-likeness (QED) is 0.357. The van der Waals surface area contributed by atoms with E-state index in [9.17, 15) is 18.8 Å². The lowest BCUT2D eigenvalue weighted by Crippen LogP contribution is -2.15. The van der Waals surface area contributed by atoms with Crippen molar-refractivity contribution in [2.45, 2.75) is 18.4 Å². The van der Waals surface area contributed by atoms with Crippen molar-refractivity contribution >= 4 is 51.8 Å². The molecule has 0 bridgehead atoms. The number of nitrogens with zero attached hydrogens (tertiary/aromatic N) is 3. The molecule has 3 rings (SSSR count). The van der Waals surface area contributed by atoms with Gasteiger partial charge in [-0.2, -0.15) is 0 Å². The first-order chi connectivity index (χ1) is 15.4. The summed E-state index contributed by atoms with van der Waals surface area (Å²) in [7, 11) is 0. The lowest BCUT2D eigenvalue weighted by atomic mass is 10.2. The first-order valence-corrected chi connectivity index (χ1v) is 11.2. The summed E-state index contributed by atoms with van der Waals surface area (Å²) >= 11 is 2.35. The number of hydrogen-bond donors (Lipinski definition) is 2. The van der Waals surface area contributed by atoms with Crippen LogP contribution in [-0.4, -0.2) is 45.3 Å². The monoisotopic (exact) mass is 475 g/mol. The first-order valence-electron chi connectivity index (χ1n) is 9.37. The van der Waals surface area contributed by atoms with E-state index >= 15 is 0 Å². The van der Waals surface area contributed by atoms with Gasteiger partial charge in [-0.05, 0) is 31.2 Å². The van der Waals surface area contributed by atoms with Crippen LogP contribution in [0.4, 0.5) is 15.3 Å². The number of hydrogen-bond acceptors (Lipinski definition) is 9. The summed E-state index contributed by atoms with van der Waals surface area (Å²) in [6.07, 6.45) is 0.0460. The second-order valence-corrected chi connectivity index (χ2v) is 8.01. The van der Waals surface area contributed by atoms with Crippen molar-refractivity contribution in [2.75, 3.05) is 23.0 Å². The third-order valence-electron chi connectivity index (χ3n) is 3.78. The van der Waals surface area contributed by atoms with Gasteiger partial charge in [-0.15, -0.1) is 21.5 Å². The Balaban J connectivity index is 1.46. The average molecular weight is 476 g/mol. The van der Waals surface area contributed by atoms with Crippen molar-refractivity contribution in [3.05, 3.63) is 58.9 Å². The van der Waals surface area contributed by atoms with Crippen LogP contribution in [0.15, 0.2) is 46.8 Å². The zero-order valence-electron chi connectivity index (χ0n) is 16.8. The van der Waals surface area contributed by atoms with E-state index in [0.717, 1.165) is 11.8 Å². The molecule has 0 spiro atoms. The van der Waals surface area contributed by atoms with E-state index in [2.05, 4.69) is 25.8 Å². The molecule has 9 nitrogen and oxygen atoms in total. The molecule has 2 N–H and O–H groups in total. The molecule has 0 saturated heterocycles. The van der Waals surface area contributed by atoms with Crippen LogP contribution in [0, 0.1) is 5.82 Å². The van der Waals surface area contributed by atoms with Gasteiger partial charge in [0.15, 0.2) is 10.9 Å². The smallest absolute Gasteiger partial charge is 0.311 e. The number of amides is 2. The van der Waals surface area contributed by atoms with Crippen LogP contribution in [0.3, 0.4) is 0 Å². The predicted molar refractivity (Wildman–Crippen MR) is 118 cm³/mol. The maximum absolute atomic E-state index is 13.7. The van der Waals surface area contributed by atoms with E-state index in [4.69, 9.17) is 4.74 Å². The number of nitrogens with one attached hydrogen (secondary N) is 2. The highest BCUT2D eigenvalue weighted by atomic mass is 32.2. The van der Waals surface area contributed by atoms with Crippen LogP contribution in [0.25, 0.3) is 0 Å². The SMILES string of the molecule is CCOC(=O)Cc1csc(NC(=O)CSc2ccc(NC(=O)c3ccccc3F)nn2)n1.